The predicted octanol–water partition coefficient (Wildman–Crippen LogP) is 5.96. The fourth-order valence-corrected chi connectivity index (χ4v) is 3.08. The molecule has 2 aromatic carbocycles. The van der Waals surface area contributed by atoms with Crippen molar-refractivity contribution in [3.63, 3.8) is 0 Å². The Labute approximate surface area is 178 Å². The summed E-state index contributed by atoms with van der Waals surface area (Å²) in [5.41, 5.74) is 2.07. The maximum atomic E-state index is 9.38. The summed E-state index contributed by atoms with van der Waals surface area (Å²) in [7, 11) is 0. The molecule has 0 aliphatic rings. The normalized spacial score (nSPS) is 10.6. The molecule has 0 saturated carbocycles. The zero-order valence-corrected chi connectivity index (χ0v) is 16.9. The summed E-state index contributed by atoms with van der Waals surface area (Å²) in [4.78, 5) is 4.22. The Morgan fingerprint density at radius 2 is 1.87 bits per heavy atom. The van der Waals surface area contributed by atoms with Crippen molar-refractivity contribution in [2.75, 3.05) is 5.32 Å². The maximum Gasteiger partial charge on any atom is 0.266 e. The van der Waals surface area contributed by atoms with Crippen LogP contribution in [0, 0.1) is 18.3 Å². The van der Waals surface area contributed by atoms with E-state index in [1.54, 1.807) is 18.2 Å². The minimum absolute atomic E-state index is 0.145. The minimum atomic E-state index is 0.145. The van der Waals surface area contributed by atoms with Gasteiger partial charge in [-0.05, 0) is 42.3 Å². The van der Waals surface area contributed by atoms with Gasteiger partial charge in [0, 0.05) is 11.6 Å². The van der Waals surface area contributed by atoms with Crippen LogP contribution >= 0.6 is 11.6 Å². The Kier molecular flexibility index (Phi) is 5.73. The maximum absolute atomic E-state index is 9.38. The third kappa shape index (κ3) is 4.32. The van der Waals surface area contributed by atoms with Crippen LogP contribution < -0.4 is 10.1 Å². The van der Waals surface area contributed by atoms with Crippen LogP contribution in [0.1, 0.15) is 22.6 Å². The monoisotopic (exact) mass is 419 g/mol. The molecule has 4 rings (SSSR count). The molecule has 4 aromatic rings. The van der Waals surface area contributed by atoms with Crippen molar-refractivity contribution in [3.8, 4) is 23.5 Å². The number of anilines is 1. The number of benzene rings is 2. The molecule has 7 heteroatoms. The highest BCUT2D eigenvalue weighted by Gasteiger charge is 2.17. The van der Waals surface area contributed by atoms with Crippen LogP contribution in [0.5, 0.6) is 5.75 Å². The van der Waals surface area contributed by atoms with Gasteiger partial charge in [0.15, 0.2) is 5.76 Å². The molecular weight excluding hydrogens is 402 g/mol. The summed E-state index contributed by atoms with van der Waals surface area (Å²) >= 11 is 6.17. The van der Waals surface area contributed by atoms with E-state index in [1.165, 1.54) is 0 Å². The molecule has 1 N–H and O–H groups in total. The number of oxazole rings is 1. The number of aryl methyl sites for hydroxylation is 1. The van der Waals surface area contributed by atoms with Gasteiger partial charge in [-0.25, -0.2) is 0 Å². The Morgan fingerprint density at radius 1 is 1.07 bits per heavy atom. The van der Waals surface area contributed by atoms with Crippen LogP contribution in [0.3, 0.4) is 0 Å². The van der Waals surface area contributed by atoms with Crippen molar-refractivity contribution in [2.24, 2.45) is 0 Å². The van der Waals surface area contributed by atoms with E-state index in [9.17, 15) is 5.26 Å². The summed E-state index contributed by atoms with van der Waals surface area (Å²) in [6, 6.07) is 20.8. The standard InChI is InChI=1S/C23H18ClN3O3/c1-15-6-2-5-9-20(15)28-14-17-10-11-21(29-17)23-27-19(12-25)22(30-23)26-13-16-7-3-4-8-18(16)24/h2-11,26H,13-14H2,1H3. The molecule has 0 aliphatic heterocycles. The van der Waals surface area contributed by atoms with E-state index in [4.69, 9.17) is 25.2 Å². The highest BCUT2D eigenvalue weighted by molar-refractivity contribution is 6.31. The number of ether oxygens (including phenoxy) is 1. The van der Waals surface area contributed by atoms with E-state index in [-0.39, 0.29) is 24.1 Å². The number of hydrogen-bond donors (Lipinski definition) is 1. The van der Waals surface area contributed by atoms with Crippen molar-refractivity contribution >= 4 is 17.5 Å². The second-order valence-corrected chi connectivity index (χ2v) is 6.98. The number of para-hydroxylation sites is 1. The van der Waals surface area contributed by atoms with Gasteiger partial charge in [-0.3, -0.25) is 0 Å². The van der Waals surface area contributed by atoms with Gasteiger partial charge in [-0.2, -0.15) is 10.2 Å². The fourth-order valence-electron chi connectivity index (χ4n) is 2.88. The van der Waals surface area contributed by atoms with E-state index < -0.39 is 0 Å². The molecule has 6 nitrogen and oxygen atoms in total. The average Bonchev–Trinajstić information content (AvgIpc) is 3.39. The summed E-state index contributed by atoms with van der Waals surface area (Å²) in [5, 5.41) is 13.1. The first-order chi connectivity index (χ1) is 14.6. The summed E-state index contributed by atoms with van der Waals surface area (Å²) in [6.45, 7) is 2.65. The number of aromatic nitrogens is 1. The molecular formula is C23H18ClN3O3. The van der Waals surface area contributed by atoms with Gasteiger partial charge in [-0.15, -0.1) is 0 Å². The van der Waals surface area contributed by atoms with Crippen LogP contribution in [-0.2, 0) is 13.2 Å². The molecule has 0 aliphatic carbocycles. The zero-order chi connectivity index (χ0) is 20.9. The highest BCUT2D eigenvalue weighted by atomic mass is 35.5. The molecule has 2 aromatic heterocycles. The largest absolute Gasteiger partial charge is 0.485 e. The lowest BCUT2D eigenvalue weighted by Crippen LogP contribution is -2.00. The molecule has 30 heavy (non-hydrogen) atoms. The van der Waals surface area contributed by atoms with Gasteiger partial charge < -0.3 is 18.9 Å². The Morgan fingerprint density at radius 3 is 2.67 bits per heavy atom. The number of nitrogens with zero attached hydrogens (tertiary/aromatic N) is 2. The van der Waals surface area contributed by atoms with Crippen LogP contribution in [0.25, 0.3) is 11.7 Å². The number of nitrogens with one attached hydrogen (secondary N) is 1. The molecule has 0 fully saturated rings. The molecule has 0 atom stereocenters. The molecule has 150 valence electrons. The average molecular weight is 420 g/mol. The molecule has 0 saturated heterocycles. The van der Waals surface area contributed by atoms with E-state index in [2.05, 4.69) is 10.3 Å². The van der Waals surface area contributed by atoms with E-state index in [0.29, 0.717) is 23.1 Å². The lowest BCUT2D eigenvalue weighted by molar-refractivity contribution is 0.269. The van der Waals surface area contributed by atoms with Gasteiger partial charge in [0.25, 0.3) is 5.89 Å². The summed E-state index contributed by atoms with van der Waals surface area (Å²) in [5.74, 6) is 2.32. The Hall–Kier alpha value is -3.69. The first kappa shape index (κ1) is 19.6. The second kappa shape index (κ2) is 8.76. The molecule has 0 amide bonds. The first-order valence-electron chi connectivity index (χ1n) is 9.30. The molecule has 0 radical (unpaired) electrons. The number of halogens is 1. The van der Waals surface area contributed by atoms with Crippen LogP contribution in [0.2, 0.25) is 5.02 Å². The van der Waals surface area contributed by atoms with E-state index in [0.717, 1.165) is 16.9 Å². The van der Waals surface area contributed by atoms with Gasteiger partial charge in [0.2, 0.25) is 11.6 Å². The number of nitriles is 1. The number of hydrogen-bond acceptors (Lipinski definition) is 6. The molecule has 0 unspecified atom stereocenters. The summed E-state index contributed by atoms with van der Waals surface area (Å²) in [6.07, 6.45) is 0. The second-order valence-electron chi connectivity index (χ2n) is 6.57. The van der Waals surface area contributed by atoms with E-state index in [1.807, 2.05) is 55.5 Å². The minimum Gasteiger partial charge on any atom is -0.485 e. The molecule has 0 spiro atoms. The first-order valence-corrected chi connectivity index (χ1v) is 9.67. The van der Waals surface area contributed by atoms with Gasteiger partial charge >= 0.3 is 0 Å². The topological polar surface area (TPSA) is 84.2 Å². The highest BCUT2D eigenvalue weighted by Crippen LogP contribution is 2.28. The third-order valence-electron chi connectivity index (χ3n) is 4.47. The van der Waals surface area contributed by atoms with Gasteiger partial charge in [-0.1, -0.05) is 48.0 Å². The van der Waals surface area contributed by atoms with Gasteiger partial charge in [0.1, 0.15) is 24.2 Å². The number of furan rings is 1. The van der Waals surface area contributed by atoms with Crippen LogP contribution in [-0.4, -0.2) is 4.98 Å². The van der Waals surface area contributed by atoms with Crippen molar-refractivity contribution in [3.05, 3.63) is 88.3 Å². The van der Waals surface area contributed by atoms with Crippen LogP contribution in [0.4, 0.5) is 5.88 Å². The third-order valence-corrected chi connectivity index (χ3v) is 4.83. The smallest absolute Gasteiger partial charge is 0.266 e. The lowest BCUT2D eigenvalue weighted by Gasteiger charge is -2.06. The molecule has 0 bridgehead atoms. The Bertz CT molecular complexity index is 1210. The number of rotatable bonds is 7. The SMILES string of the molecule is Cc1ccccc1OCc1ccc(-c2nc(C#N)c(NCc3ccccc3Cl)o2)o1. The van der Waals surface area contributed by atoms with Crippen molar-refractivity contribution in [1.29, 1.82) is 5.26 Å². The Balaban J connectivity index is 1.46. The van der Waals surface area contributed by atoms with Gasteiger partial charge in [0.05, 0.1) is 0 Å². The lowest BCUT2D eigenvalue weighted by atomic mass is 10.2. The van der Waals surface area contributed by atoms with Crippen LogP contribution in [0.15, 0.2) is 69.5 Å². The quantitative estimate of drug-likeness (QED) is 0.398. The molecule has 2 heterocycles. The zero-order valence-electron chi connectivity index (χ0n) is 16.2. The fraction of sp³-hybridized carbons (Fsp3) is 0.130. The van der Waals surface area contributed by atoms with Crippen molar-refractivity contribution in [1.82, 2.24) is 4.98 Å². The summed E-state index contributed by atoms with van der Waals surface area (Å²) < 4.78 is 17.3. The van der Waals surface area contributed by atoms with E-state index >= 15 is 0 Å². The van der Waals surface area contributed by atoms with Crippen molar-refractivity contribution < 1.29 is 13.6 Å². The predicted molar refractivity (Wildman–Crippen MR) is 113 cm³/mol. The van der Waals surface area contributed by atoms with Crippen molar-refractivity contribution in [2.45, 2.75) is 20.1 Å².